The molecule has 8 heteroatoms. The Hall–Kier alpha value is -1.12. The van der Waals surface area contributed by atoms with Crippen LogP contribution in [0.15, 0.2) is 24.3 Å². The van der Waals surface area contributed by atoms with Crippen molar-refractivity contribution in [2.24, 2.45) is 0 Å². The van der Waals surface area contributed by atoms with Gasteiger partial charge in [-0.15, -0.1) is 0 Å². The summed E-state index contributed by atoms with van der Waals surface area (Å²) in [5.41, 5.74) is 0.953. The van der Waals surface area contributed by atoms with Crippen LogP contribution in [0.25, 0.3) is 0 Å². The first-order valence-corrected chi connectivity index (χ1v) is 7.10. The van der Waals surface area contributed by atoms with E-state index in [1.807, 2.05) is 4.72 Å². The second-order valence-corrected chi connectivity index (χ2v) is 5.80. The highest BCUT2D eigenvalue weighted by molar-refractivity contribution is 7.88. The van der Waals surface area contributed by atoms with E-state index in [9.17, 15) is 21.6 Å². The molecule has 0 bridgehead atoms. The summed E-state index contributed by atoms with van der Waals surface area (Å²) in [6, 6.07) is 6.21. The van der Waals surface area contributed by atoms with Crippen LogP contribution in [0.2, 0.25) is 0 Å². The van der Waals surface area contributed by atoms with E-state index in [1.165, 1.54) is 12.1 Å². The zero-order chi connectivity index (χ0) is 14.5. The van der Waals surface area contributed by atoms with Crippen LogP contribution in [0.5, 0.6) is 0 Å². The average molecular weight is 297 g/mol. The number of aliphatic hydroxyl groups is 1. The molecule has 0 aliphatic carbocycles. The molecule has 1 aromatic rings. The topological polar surface area (TPSA) is 66.4 Å². The fourth-order valence-corrected chi connectivity index (χ4v) is 2.57. The molecule has 108 valence electrons. The van der Waals surface area contributed by atoms with Crippen LogP contribution in [0.1, 0.15) is 17.5 Å². The van der Waals surface area contributed by atoms with E-state index in [-0.39, 0.29) is 6.61 Å². The minimum atomic E-state index is -4.39. The van der Waals surface area contributed by atoms with E-state index in [2.05, 4.69) is 0 Å². The SMILES string of the molecule is O=S(=O)(Cc1cccc(CO)c1)NCCC(F)(F)F. The normalized spacial score (nSPS) is 12.6. The van der Waals surface area contributed by atoms with Crippen LogP contribution in [-0.4, -0.2) is 26.2 Å². The van der Waals surface area contributed by atoms with Gasteiger partial charge in [-0.2, -0.15) is 13.2 Å². The Balaban J connectivity index is 2.59. The van der Waals surface area contributed by atoms with Gasteiger partial charge in [0.15, 0.2) is 0 Å². The molecule has 0 aliphatic heterocycles. The Morgan fingerprint density at radius 2 is 1.84 bits per heavy atom. The van der Waals surface area contributed by atoms with Gasteiger partial charge in [-0.1, -0.05) is 24.3 Å². The van der Waals surface area contributed by atoms with Gasteiger partial charge in [0.1, 0.15) is 0 Å². The highest BCUT2D eigenvalue weighted by atomic mass is 32.2. The van der Waals surface area contributed by atoms with E-state index in [0.29, 0.717) is 11.1 Å². The lowest BCUT2D eigenvalue weighted by molar-refractivity contribution is -0.132. The molecule has 0 fully saturated rings. The van der Waals surface area contributed by atoms with Crippen LogP contribution in [-0.2, 0) is 22.4 Å². The Kier molecular flexibility index (Phi) is 5.33. The van der Waals surface area contributed by atoms with Crippen molar-refractivity contribution in [2.75, 3.05) is 6.54 Å². The van der Waals surface area contributed by atoms with Crippen LogP contribution in [0.3, 0.4) is 0 Å². The molecule has 0 unspecified atom stereocenters. The maximum atomic E-state index is 11.9. The van der Waals surface area contributed by atoms with Crippen molar-refractivity contribution in [1.29, 1.82) is 0 Å². The molecule has 19 heavy (non-hydrogen) atoms. The van der Waals surface area contributed by atoms with Gasteiger partial charge >= 0.3 is 6.18 Å². The predicted octanol–water partition coefficient (Wildman–Crippen LogP) is 1.55. The minimum absolute atomic E-state index is 0.227. The first kappa shape index (κ1) is 15.9. The lowest BCUT2D eigenvalue weighted by Crippen LogP contribution is -2.29. The van der Waals surface area contributed by atoms with E-state index < -0.39 is 34.9 Å². The average Bonchev–Trinajstić information content (AvgIpc) is 2.26. The summed E-state index contributed by atoms with van der Waals surface area (Å²) < 4.78 is 60.7. The van der Waals surface area contributed by atoms with Gasteiger partial charge in [-0.25, -0.2) is 13.1 Å². The molecule has 0 amide bonds. The lowest BCUT2D eigenvalue weighted by atomic mass is 10.1. The fourth-order valence-electron chi connectivity index (χ4n) is 1.44. The van der Waals surface area contributed by atoms with Crippen molar-refractivity contribution in [1.82, 2.24) is 4.72 Å². The number of hydrogen-bond donors (Lipinski definition) is 2. The molecular weight excluding hydrogens is 283 g/mol. The number of sulfonamides is 1. The number of rotatable bonds is 6. The van der Waals surface area contributed by atoms with Gasteiger partial charge in [-0.05, 0) is 11.1 Å². The minimum Gasteiger partial charge on any atom is -0.392 e. The third kappa shape index (κ3) is 6.55. The molecular formula is C11H14F3NO3S. The summed E-state index contributed by atoms with van der Waals surface area (Å²) >= 11 is 0. The first-order valence-electron chi connectivity index (χ1n) is 5.44. The number of hydrogen-bond acceptors (Lipinski definition) is 3. The molecule has 1 aromatic carbocycles. The largest absolute Gasteiger partial charge is 0.392 e. The van der Waals surface area contributed by atoms with Crippen molar-refractivity contribution in [3.8, 4) is 0 Å². The molecule has 4 nitrogen and oxygen atoms in total. The summed E-state index contributed by atoms with van der Waals surface area (Å²) in [7, 11) is -3.81. The highest BCUT2D eigenvalue weighted by Crippen LogP contribution is 2.18. The molecule has 0 radical (unpaired) electrons. The Morgan fingerprint density at radius 1 is 1.21 bits per heavy atom. The van der Waals surface area contributed by atoms with Gasteiger partial charge in [0.25, 0.3) is 0 Å². The number of aliphatic hydroxyl groups excluding tert-OH is 1. The van der Waals surface area contributed by atoms with Crippen molar-refractivity contribution in [2.45, 2.75) is 25.0 Å². The quantitative estimate of drug-likeness (QED) is 0.837. The van der Waals surface area contributed by atoms with Crippen LogP contribution in [0, 0.1) is 0 Å². The number of halogens is 3. The van der Waals surface area contributed by atoms with Gasteiger partial charge in [0.05, 0.1) is 18.8 Å². The molecule has 0 saturated carbocycles. The third-order valence-electron chi connectivity index (χ3n) is 2.26. The number of alkyl halides is 3. The summed E-state index contributed by atoms with van der Waals surface area (Å²) in [5.74, 6) is -0.418. The molecule has 1 rings (SSSR count). The molecule has 0 heterocycles. The Bertz CT molecular complexity index is 514. The van der Waals surface area contributed by atoms with Crippen molar-refractivity contribution in [3.63, 3.8) is 0 Å². The van der Waals surface area contributed by atoms with Gasteiger partial charge in [0.2, 0.25) is 10.0 Å². The highest BCUT2D eigenvalue weighted by Gasteiger charge is 2.27. The third-order valence-corrected chi connectivity index (χ3v) is 3.62. The van der Waals surface area contributed by atoms with E-state index in [4.69, 9.17) is 5.11 Å². The first-order chi connectivity index (χ1) is 8.72. The fraction of sp³-hybridized carbons (Fsp3) is 0.455. The summed E-state index contributed by atoms with van der Waals surface area (Å²) in [6.07, 6.45) is -5.60. The second-order valence-electron chi connectivity index (χ2n) is 4.00. The summed E-state index contributed by atoms with van der Waals surface area (Å²) in [4.78, 5) is 0. The summed E-state index contributed by atoms with van der Waals surface area (Å²) in [5, 5.41) is 8.90. The Labute approximate surface area is 109 Å². The van der Waals surface area contributed by atoms with Gasteiger partial charge < -0.3 is 5.11 Å². The second kappa shape index (κ2) is 6.36. The van der Waals surface area contributed by atoms with Crippen molar-refractivity contribution >= 4 is 10.0 Å². The zero-order valence-electron chi connectivity index (χ0n) is 9.94. The predicted molar refractivity (Wildman–Crippen MR) is 63.7 cm³/mol. The molecule has 0 atom stereocenters. The molecule has 0 aliphatic rings. The smallest absolute Gasteiger partial charge is 0.390 e. The number of benzene rings is 1. The maximum Gasteiger partial charge on any atom is 0.390 e. The van der Waals surface area contributed by atoms with E-state index in [0.717, 1.165) is 0 Å². The molecule has 0 spiro atoms. The molecule has 0 saturated heterocycles. The molecule has 0 aromatic heterocycles. The lowest BCUT2D eigenvalue weighted by Gasteiger charge is -2.09. The van der Waals surface area contributed by atoms with Crippen molar-refractivity contribution in [3.05, 3.63) is 35.4 Å². The number of nitrogens with one attached hydrogen (secondary N) is 1. The standard InChI is InChI=1S/C11H14F3NO3S/c12-11(13,14)4-5-15-19(17,18)8-10-3-1-2-9(6-10)7-16/h1-3,6,15-16H,4-5,7-8H2. The van der Waals surface area contributed by atoms with Crippen LogP contribution >= 0.6 is 0 Å². The van der Waals surface area contributed by atoms with E-state index >= 15 is 0 Å². The van der Waals surface area contributed by atoms with Crippen LogP contribution < -0.4 is 4.72 Å². The monoisotopic (exact) mass is 297 g/mol. The van der Waals surface area contributed by atoms with Crippen molar-refractivity contribution < 1.29 is 26.7 Å². The zero-order valence-corrected chi connectivity index (χ0v) is 10.8. The van der Waals surface area contributed by atoms with Gasteiger partial charge in [-0.3, -0.25) is 0 Å². The maximum absolute atomic E-state index is 11.9. The van der Waals surface area contributed by atoms with Crippen LogP contribution in [0.4, 0.5) is 13.2 Å². The molecule has 2 N–H and O–H groups in total. The van der Waals surface area contributed by atoms with E-state index in [1.54, 1.807) is 12.1 Å². The summed E-state index contributed by atoms with van der Waals surface area (Å²) in [6.45, 7) is -0.902. The Morgan fingerprint density at radius 3 is 2.42 bits per heavy atom. The van der Waals surface area contributed by atoms with Gasteiger partial charge in [0, 0.05) is 6.54 Å².